The van der Waals surface area contributed by atoms with Crippen LogP contribution in [0.2, 0.25) is 5.02 Å². The highest BCUT2D eigenvalue weighted by Crippen LogP contribution is 2.39. The Labute approximate surface area is 151 Å². The standard InChI is InChI=1S/C19H19ClN2O3/c1-11-5-12(2)14-3-4-22(9-13(14)6-11)19(23)21-16-8-18-17(7-15(16)20)24-10-25-18/h5-8H,3-4,9-10H2,1-2H3,(H,21,23). The fraction of sp³-hybridized carbons (Fsp3) is 0.316. The lowest BCUT2D eigenvalue weighted by Gasteiger charge is -2.30. The van der Waals surface area contributed by atoms with E-state index < -0.39 is 0 Å². The fourth-order valence-corrected chi connectivity index (χ4v) is 3.70. The topological polar surface area (TPSA) is 50.8 Å². The monoisotopic (exact) mass is 358 g/mol. The lowest BCUT2D eigenvalue weighted by Crippen LogP contribution is -2.39. The van der Waals surface area contributed by atoms with Crippen LogP contribution in [0.3, 0.4) is 0 Å². The quantitative estimate of drug-likeness (QED) is 0.828. The molecule has 0 aromatic heterocycles. The van der Waals surface area contributed by atoms with Crippen LogP contribution < -0.4 is 14.8 Å². The SMILES string of the molecule is Cc1cc(C)c2c(c1)CN(C(=O)Nc1cc3c(cc1Cl)OCO3)CC2. The zero-order valence-corrected chi connectivity index (χ0v) is 14.9. The van der Waals surface area contributed by atoms with Crippen molar-refractivity contribution >= 4 is 23.3 Å². The average molecular weight is 359 g/mol. The minimum absolute atomic E-state index is 0.162. The van der Waals surface area contributed by atoms with Crippen LogP contribution in [0.15, 0.2) is 24.3 Å². The van der Waals surface area contributed by atoms with Gasteiger partial charge in [-0.05, 0) is 37.0 Å². The van der Waals surface area contributed by atoms with Gasteiger partial charge in [-0.3, -0.25) is 0 Å². The van der Waals surface area contributed by atoms with Crippen LogP contribution in [0.1, 0.15) is 22.3 Å². The van der Waals surface area contributed by atoms with Crippen molar-refractivity contribution in [3.63, 3.8) is 0 Å². The average Bonchev–Trinajstić information content (AvgIpc) is 3.01. The van der Waals surface area contributed by atoms with Gasteiger partial charge in [0, 0.05) is 25.2 Å². The Bertz CT molecular complexity index is 866. The number of carbonyl (C=O) groups is 1. The molecular formula is C19H19ClN2O3. The maximum atomic E-state index is 12.7. The lowest BCUT2D eigenvalue weighted by molar-refractivity contribution is 0.174. The second-order valence-corrected chi connectivity index (χ2v) is 6.91. The van der Waals surface area contributed by atoms with Gasteiger partial charge in [-0.25, -0.2) is 4.79 Å². The molecule has 0 fully saturated rings. The third kappa shape index (κ3) is 3.00. The number of anilines is 1. The van der Waals surface area contributed by atoms with E-state index in [4.69, 9.17) is 21.1 Å². The summed E-state index contributed by atoms with van der Waals surface area (Å²) in [5.41, 5.74) is 5.62. The smallest absolute Gasteiger partial charge is 0.322 e. The molecule has 0 bridgehead atoms. The number of fused-ring (bicyclic) bond motifs is 2. The minimum Gasteiger partial charge on any atom is -0.454 e. The molecule has 0 spiro atoms. The van der Waals surface area contributed by atoms with Gasteiger partial charge in [0.2, 0.25) is 6.79 Å². The van der Waals surface area contributed by atoms with E-state index in [2.05, 4.69) is 31.3 Å². The minimum atomic E-state index is -0.162. The molecule has 2 aromatic rings. The van der Waals surface area contributed by atoms with Crippen LogP contribution in [0.5, 0.6) is 11.5 Å². The second kappa shape index (κ2) is 6.15. The highest BCUT2D eigenvalue weighted by molar-refractivity contribution is 6.34. The summed E-state index contributed by atoms with van der Waals surface area (Å²) >= 11 is 6.24. The summed E-state index contributed by atoms with van der Waals surface area (Å²) in [6.07, 6.45) is 0.865. The Kier molecular flexibility index (Phi) is 3.96. The number of aryl methyl sites for hydroxylation is 2. The molecule has 0 atom stereocenters. The van der Waals surface area contributed by atoms with Crippen LogP contribution in [0, 0.1) is 13.8 Å². The molecule has 4 rings (SSSR count). The molecule has 2 amide bonds. The molecule has 0 saturated heterocycles. The van der Waals surface area contributed by atoms with Crippen LogP contribution in [-0.2, 0) is 13.0 Å². The van der Waals surface area contributed by atoms with E-state index in [0.717, 1.165) is 6.42 Å². The molecule has 0 saturated carbocycles. The summed E-state index contributed by atoms with van der Waals surface area (Å²) in [6, 6.07) is 7.56. The van der Waals surface area contributed by atoms with Gasteiger partial charge >= 0.3 is 6.03 Å². The van der Waals surface area contributed by atoms with Crippen LogP contribution in [0.4, 0.5) is 10.5 Å². The van der Waals surface area contributed by atoms with Gasteiger partial charge < -0.3 is 19.7 Å². The van der Waals surface area contributed by atoms with E-state index in [9.17, 15) is 4.79 Å². The summed E-state index contributed by atoms with van der Waals surface area (Å²) in [7, 11) is 0. The Hall–Kier alpha value is -2.40. The van der Waals surface area contributed by atoms with Crippen molar-refractivity contribution in [2.75, 3.05) is 18.7 Å². The Morgan fingerprint density at radius 2 is 1.92 bits per heavy atom. The van der Waals surface area contributed by atoms with Gasteiger partial charge in [-0.2, -0.15) is 0 Å². The van der Waals surface area contributed by atoms with Crippen molar-refractivity contribution in [2.45, 2.75) is 26.8 Å². The summed E-state index contributed by atoms with van der Waals surface area (Å²) < 4.78 is 10.6. The molecule has 130 valence electrons. The highest BCUT2D eigenvalue weighted by atomic mass is 35.5. The van der Waals surface area contributed by atoms with Crippen LogP contribution in [-0.4, -0.2) is 24.3 Å². The van der Waals surface area contributed by atoms with Crippen molar-refractivity contribution in [2.24, 2.45) is 0 Å². The van der Waals surface area contributed by atoms with Crippen molar-refractivity contribution < 1.29 is 14.3 Å². The summed E-state index contributed by atoms with van der Waals surface area (Å²) in [4.78, 5) is 14.5. The number of urea groups is 1. The van der Waals surface area contributed by atoms with Crippen molar-refractivity contribution in [3.8, 4) is 11.5 Å². The van der Waals surface area contributed by atoms with Gasteiger partial charge in [0.15, 0.2) is 11.5 Å². The van der Waals surface area contributed by atoms with Gasteiger partial charge in [-0.15, -0.1) is 0 Å². The van der Waals surface area contributed by atoms with E-state index >= 15 is 0 Å². The number of benzene rings is 2. The number of hydrogen-bond acceptors (Lipinski definition) is 3. The summed E-state index contributed by atoms with van der Waals surface area (Å²) in [6.45, 7) is 5.67. The molecule has 2 heterocycles. The van der Waals surface area contributed by atoms with Gasteiger partial charge in [0.05, 0.1) is 10.7 Å². The van der Waals surface area contributed by atoms with Crippen molar-refractivity contribution in [3.05, 3.63) is 51.5 Å². The Balaban J connectivity index is 1.53. The van der Waals surface area contributed by atoms with E-state index in [1.165, 1.54) is 22.3 Å². The van der Waals surface area contributed by atoms with Crippen LogP contribution >= 0.6 is 11.6 Å². The van der Waals surface area contributed by atoms with E-state index in [1.807, 2.05) is 4.90 Å². The zero-order valence-electron chi connectivity index (χ0n) is 14.2. The van der Waals surface area contributed by atoms with Gasteiger partial charge in [0.25, 0.3) is 0 Å². The normalized spacial score (nSPS) is 15.1. The predicted octanol–water partition coefficient (Wildman–Crippen LogP) is 4.28. The number of rotatable bonds is 1. The van der Waals surface area contributed by atoms with Crippen LogP contribution in [0.25, 0.3) is 0 Å². The predicted molar refractivity (Wildman–Crippen MR) is 96.6 cm³/mol. The molecule has 1 N–H and O–H groups in total. The number of nitrogens with one attached hydrogen (secondary N) is 1. The highest BCUT2D eigenvalue weighted by Gasteiger charge is 2.24. The molecule has 0 aliphatic carbocycles. The molecule has 2 aromatic carbocycles. The van der Waals surface area contributed by atoms with E-state index in [-0.39, 0.29) is 12.8 Å². The maximum absolute atomic E-state index is 12.7. The van der Waals surface area contributed by atoms with E-state index in [0.29, 0.717) is 35.3 Å². The fourth-order valence-electron chi connectivity index (χ4n) is 3.50. The lowest BCUT2D eigenvalue weighted by atomic mass is 9.93. The maximum Gasteiger partial charge on any atom is 0.322 e. The van der Waals surface area contributed by atoms with Crippen molar-refractivity contribution in [1.29, 1.82) is 0 Å². The number of halogens is 1. The number of amides is 2. The third-order valence-electron chi connectivity index (χ3n) is 4.69. The third-order valence-corrected chi connectivity index (χ3v) is 5.01. The Morgan fingerprint density at radius 3 is 2.72 bits per heavy atom. The molecule has 25 heavy (non-hydrogen) atoms. The largest absolute Gasteiger partial charge is 0.454 e. The molecule has 0 unspecified atom stereocenters. The van der Waals surface area contributed by atoms with Crippen molar-refractivity contribution in [1.82, 2.24) is 4.90 Å². The summed E-state index contributed by atoms with van der Waals surface area (Å²) in [5, 5.41) is 3.32. The first-order valence-electron chi connectivity index (χ1n) is 8.25. The number of nitrogens with zero attached hydrogens (tertiary/aromatic N) is 1. The number of carbonyl (C=O) groups excluding carboxylic acids is 1. The van der Waals surface area contributed by atoms with Gasteiger partial charge in [-0.1, -0.05) is 29.3 Å². The number of hydrogen-bond donors (Lipinski definition) is 1. The second-order valence-electron chi connectivity index (χ2n) is 6.51. The molecule has 2 aliphatic rings. The Morgan fingerprint density at radius 1 is 1.16 bits per heavy atom. The molecule has 2 aliphatic heterocycles. The summed E-state index contributed by atoms with van der Waals surface area (Å²) in [5.74, 6) is 1.19. The first-order valence-corrected chi connectivity index (χ1v) is 8.63. The van der Waals surface area contributed by atoms with Gasteiger partial charge in [0.1, 0.15) is 0 Å². The zero-order chi connectivity index (χ0) is 17.6. The molecule has 0 radical (unpaired) electrons. The molecule has 5 nitrogen and oxygen atoms in total. The molecular weight excluding hydrogens is 340 g/mol. The molecule has 6 heteroatoms. The first kappa shape index (κ1) is 16.1. The van der Waals surface area contributed by atoms with E-state index in [1.54, 1.807) is 12.1 Å². The number of ether oxygens (including phenoxy) is 2. The first-order chi connectivity index (χ1) is 12.0.